The van der Waals surface area contributed by atoms with Crippen molar-refractivity contribution in [1.29, 1.82) is 0 Å². The van der Waals surface area contributed by atoms with Gasteiger partial charge < -0.3 is 45.3 Å². The maximum Gasteiger partial charge on any atom is 0.407 e. The summed E-state index contributed by atoms with van der Waals surface area (Å²) < 4.78 is 22.3. The molecule has 0 aliphatic carbocycles. The Morgan fingerprint density at radius 2 is 1.66 bits per heavy atom. The predicted molar refractivity (Wildman–Crippen MR) is 177 cm³/mol. The van der Waals surface area contributed by atoms with E-state index in [4.69, 9.17) is 18.9 Å². The number of benzene rings is 1. The van der Waals surface area contributed by atoms with Gasteiger partial charge in [-0.15, -0.1) is 0 Å². The van der Waals surface area contributed by atoms with Crippen molar-refractivity contribution in [3.63, 3.8) is 0 Å². The van der Waals surface area contributed by atoms with E-state index < -0.39 is 53.4 Å². The summed E-state index contributed by atoms with van der Waals surface area (Å²) in [7, 11) is 0. The third-order valence-electron chi connectivity index (χ3n) is 7.03. The van der Waals surface area contributed by atoms with Crippen LogP contribution >= 0.6 is 0 Å². The summed E-state index contributed by atoms with van der Waals surface area (Å²) in [6.45, 7) is 15.3. The van der Waals surface area contributed by atoms with Gasteiger partial charge in [-0.05, 0) is 84.4 Å². The molecule has 2 bridgehead atoms. The highest BCUT2D eigenvalue weighted by atomic mass is 16.6. The minimum Gasteiger partial charge on any atom is -0.493 e. The molecule has 0 radical (unpaired) electrons. The summed E-state index contributed by atoms with van der Waals surface area (Å²) in [5.74, 6) is -0.405. The maximum atomic E-state index is 13.6. The SMILES string of the molecule is CC(C)[C@H]1COCC(O)CCOc2ccc(cc2)C[C@@H](NC(=O)N[C@@H](CCCCNC(=O)OC(C)(C)C)C(=O)OC(C)(C)C)C(=O)N1. The molecule has 1 unspecified atom stereocenters. The number of carbonyl (C=O) groups excluding carboxylic acids is 4. The lowest BCUT2D eigenvalue weighted by Crippen LogP contribution is -2.56. The van der Waals surface area contributed by atoms with Crippen molar-refractivity contribution >= 4 is 24.0 Å². The molecule has 0 aromatic heterocycles. The number of rotatable bonds is 9. The largest absolute Gasteiger partial charge is 0.493 e. The summed E-state index contributed by atoms with van der Waals surface area (Å²) in [5, 5.41) is 21.4. The topological polar surface area (TPSA) is 174 Å². The third-order valence-corrected chi connectivity index (χ3v) is 7.03. The first-order valence-corrected chi connectivity index (χ1v) is 16.5. The number of carbonyl (C=O) groups is 4. The molecule has 2 heterocycles. The van der Waals surface area contributed by atoms with Crippen LogP contribution in [0, 0.1) is 5.92 Å². The number of aliphatic hydroxyl groups is 1. The van der Waals surface area contributed by atoms with E-state index in [0.29, 0.717) is 38.2 Å². The quantitative estimate of drug-likeness (QED) is 0.195. The van der Waals surface area contributed by atoms with Gasteiger partial charge in [-0.25, -0.2) is 14.4 Å². The fraction of sp³-hybridized carbons (Fsp3) is 0.706. The first-order valence-electron chi connectivity index (χ1n) is 16.5. The standard InChI is InChI=1S/C34H56N4O9/c1-22(2)28-21-44-20-24(39)16-18-45-25-14-12-23(13-15-25)19-27(29(40)36-28)38-31(42)37-26(30(41)46-33(3,4)5)11-9-10-17-35-32(43)47-34(6,7)8/h12-15,22,24,26-28,39H,9-11,16-21H2,1-8H3,(H,35,43)(H,36,40)(H2,37,38,42)/t24?,26-,27+,28+/m0/s1. The van der Waals surface area contributed by atoms with Gasteiger partial charge in [0.15, 0.2) is 0 Å². The van der Waals surface area contributed by atoms with Crippen LogP contribution in [0.3, 0.4) is 0 Å². The van der Waals surface area contributed by atoms with E-state index in [2.05, 4.69) is 21.3 Å². The lowest BCUT2D eigenvalue weighted by atomic mass is 10.0. The zero-order chi connectivity index (χ0) is 35.2. The predicted octanol–water partition coefficient (Wildman–Crippen LogP) is 3.60. The van der Waals surface area contributed by atoms with Gasteiger partial charge >= 0.3 is 18.1 Å². The number of amides is 4. The van der Waals surface area contributed by atoms with Crippen LogP contribution in [-0.4, -0.2) is 90.9 Å². The van der Waals surface area contributed by atoms with Crippen LogP contribution in [0.2, 0.25) is 0 Å². The lowest BCUT2D eigenvalue weighted by Gasteiger charge is -2.28. The monoisotopic (exact) mass is 664 g/mol. The Morgan fingerprint density at radius 3 is 2.28 bits per heavy atom. The number of hydrogen-bond acceptors (Lipinski definition) is 9. The highest BCUT2D eigenvalue weighted by Crippen LogP contribution is 2.16. The van der Waals surface area contributed by atoms with Crippen LogP contribution in [-0.2, 0) is 30.2 Å². The third kappa shape index (κ3) is 16.7. The molecule has 5 N–H and O–H groups in total. The number of hydrogen-bond donors (Lipinski definition) is 5. The summed E-state index contributed by atoms with van der Waals surface area (Å²) >= 11 is 0. The Kier molecular flexibility index (Phi) is 15.7. The van der Waals surface area contributed by atoms with Crippen molar-refractivity contribution < 1.29 is 43.2 Å². The molecular weight excluding hydrogens is 608 g/mol. The average Bonchev–Trinajstić information content (AvgIpc) is 2.93. The van der Waals surface area contributed by atoms with Crippen LogP contribution < -0.4 is 26.0 Å². The second-order valence-electron chi connectivity index (χ2n) is 14.2. The van der Waals surface area contributed by atoms with Gasteiger partial charge in [-0.1, -0.05) is 26.0 Å². The van der Waals surface area contributed by atoms with Gasteiger partial charge in [-0.2, -0.15) is 0 Å². The van der Waals surface area contributed by atoms with Gasteiger partial charge in [-0.3, -0.25) is 4.79 Å². The van der Waals surface area contributed by atoms with E-state index >= 15 is 0 Å². The van der Waals surface area contributed by atoms with Gasteiger partial charge in [0, 0.05) is 19.4 Å². The lowest BCUT2D eigenvalue weighted by molar-refractivity contribution is -0.157. The number of alkyl carbamates (subject to hydrolysis) is 1. The van der Waals surface area contributed by atoms with Crippen LogP contribution in [0.5, 0.6) is 5.75 Å². The molecule has 2 aliphatic heterocycles. The molecule has 1 aromatic carbocycles. The molecule has 0 saturated carbocycles. The molecule has 13 heteroatoms. The van der Waals surface area contributed by atoms with Crippen LogP contribution in [0.15, 0.2) is 24.3 Å². The molecule has 0 fully saturated rings. The van der Waals surface area contributed by atoms with Gasteiger partial charge in [0.05, 0.1) is 32.0 Å². The summed E-state index contributed by atoms with van der Waals surface area (Å²) in [6, 6.07) is 4.10. The minimum atomic E-state index is -0.996. The van der Waals surface area contributed by atoms with Gasteiger partial charge in [0.25, 0.3) is 0 Å². The summed E-state index contributed by atoms with van der Waals surface area (Å²) in [6.07, 6.45) is 0.590. The van der Waals surface area contributed by atoms with Crippen LogP contribution in [0.25, 0.3) is 0 Å². The number of nitrogens with one attached hydrogen (secondary N) is 4. The Labute approximate surface area is 279 Å². The fourth-order valence-electron chi connectivity index (χ4n) is 4.54. The van der Waals surface area contributed by atoms with Crippen LogP contribution in [0.4, 0.5) is 9.59 Å². The second kappa shape index (κ2) is 18.7. The van der Waals surface area contributed by atoms with E-state index in [1.807, 2.05) is 26.0 Å². The molecule has 2 aliphatic rings. The van der Waals surface area contributed by atoms with Gasteiger partial charge in [0.2, 0.25) is 5.91 Å². The van der Waals surface area contributed by atoms with Crippen molar-refractivity contribution in [2.45, 2.75) is 123 Å². The number of aliphatic hydroxyl groups excluding tert-OH is 1. The molecule has 13 nitrogen and oxygen atoms in total. The molecule has 266 valence electrons. The fourth-order valence-corrected chi connectivity index (χ4v) is 4.54. The zero-order valence-corrected chi connectivity index (χ0v) is 29.3. The highest BCUT2D eigenvalue weighted by molar-refractivity contribution is 5.89. The second-order valence-corrected chi connectivity index (χ2v) is 14.2. The number of esters is 1. The minimum absolute atomic E-state index is 0.00780. The summed E-state index contributed by atoms with van der Waals surface area (Å²) in [5.41, 5.74) is -0.618. The highest BCUT2D eigenvalue weighted by Gasteiger charge is 2.30. The van der Waals surface area contributed by atoms with E-state index in [1.165, 1.54) is 0 Å². The number of fused-ring (bicyclic) bond motifs is 13. The van der Waals surface area contributed by atoms with Gasteiger partial charge in [0.1, 0.15) is 29.0 Å². The molecule has 47 heavy (non-hydrogen) atoms. The molecular formula is C34H56N4O9. The van der Waals surface area contributed by atoms with Crippen molar-refractivity contribution in [3.05, 3.63) is 29.8 Å². The van der Waals surface area contributed by atoms with Crippen molar-refractivity contribution in [2.24, 2.45) is 5.92 Å². The molecule has 0 spiro atoms. The van der Waals surface area contributed by atoms with Crippen LogP contribution in [0.1, 0.15) is 86.6 Å². The number of ether oxygens (including phenoxy) is 4. The summed E-state index contributed by atoms with van der Waals surface area (Å²) in [4.78, 5) is 52.0. The Morgan fingerprint density at radius 1 is 1.00 bits per heavy atom. The molecule has 1 aromatic rings. The average molecular weight is 665 g/mol. The normalized spacial score (nSPS) is 20.4. The molecule has 4 amide bonds. The Balaban J connectivity index is 2.16. The van der Waals surface area contributed by atoms with E-state index in [0.717, 1.165) is 5.56 Å². The molecule has 4 atom stereocenters. The Bertz CT molecular complexity index is 1150. The smallest absolute Gasteiger partial charge is 0.407 e. The first kappa shape index (κ1) is 39.6. The number of urea groups is 1. The molecule has 0 saturated heterocycles. The van der Waals surface area contributed by atoms with E-state index in [-0.39, 0.29) is 38.0 Å². The first-order chi connectivity index (χ1) is 21.9. The number of unbranched alkanes of at least 4 members (excludes halogenated alkanes) is 1. The van der Waals surface area contributed by atoms with E-state index in [1.54, 1.807) is 53.7 Å². The van der Waals surface area contributed by atoms with Crippen molar-refractivity contribution in [3.8, 4) is 5.75 Å². The van der Waals surface area contributed by atoms with Crippen molar-refractivity contribution in [1.82, 2.24) is 21.3 Å². The van der Waals surface area contributed by atoms with E-state index in [9.17, 15) is 24.3 Å². The zero-order valence-electron chi connectivity index (χ0n) is 29.3. The van der Waals surface area contributed by atoms with Crippen molar-refractivity contribution in [2.75, 3.05) is 26.4 Å². The molecule has 3 rings (SSSR count). The maximum absolute atomic E-state index is 13.6. The Hall–Kier alpha value is -3.58.